The van der Waals surface area contributed by atoms with E-state index in [4.69, 9.17) is 4.74 Å². The smallest absolute Gasteiger partial charge is 0.408 e. The van der Waals surface area contributed by atoms with Crippen LogP contribution in [-0.4, -0.2) is 29.2 Å². The SMILES string of the molecule is CCC[C@@H](C)NC(=O)C(C)(C)NC(=O)OC(C)(C)C. The van der Waals surface area contributed by atoms with Crippen LogP contribution < -0.4 is 10.6 Å². The highest BCUT2D eigenvalue weighted by Crippen LogP contribution is 2.10. The molecule has 0 aromatic rings. The number of carbonyl (C=O) groups excluding carboxylic acids is 2. The van der Waals surface area contributed by atoms with Crippen molar-refractivity contribution in [3.63, 3.8) is 0 Å². The molecule has 0 aliphatic carbocycles. The highest BCUT2D eigenvalue weighted by atomic mass is 16.6. The Kier molecular flexibility index (Phi) is 6.33. The van der Waals surface area contributed by atoms with Crippen LogP contribution in [0.2, 0.25) is 0 Å². The van der Waals surface area contributed by atoms with E-state index >= 15 is 0 Å². The van der Waals surface area contributed by atoms with Gasteiger partial charge in [-0.2, -0.15) is 0 Å². The molecule has 19 heavy (non-hydrogen) atoms. The molecule has 112 valence electrons. The number of nitrogens with one attached hydrogen (secondary N) is 2. The minimum absolute atomic E-state index is 0.0946. The van der Waals surface area contributed by atoms with Crippen molar-refractivity contribution >= 4 is 12.0 Å². The average molecular weight is 272 g/mol. The number of amides is 2. The summed E-state index contributed by atoms with van der Waals surface area (Å²) >= 11 is 0. The molecule has 5 nitrogen and oxygen atoms in total. The molecule has 0 rings (SSSR count). The van der Waals surface area contributed by atoms with Crippen LogP contribution in [0.5, 0.6) is 0 Å². The summed E-state index contributed by atoms with van der Waals surface area (Å²) in [5.41, 5.74) is -1.57. The molecule has 0 bridgehead atoms. The maximum Gasteiger partial charge on any atom is 0.408 e. The van der Waals surface area contributed by atoms with E-state index in [-0.39, 0.29) is 11.9 Å². The van der Waals surface area contributed by atoms with Crippen LogP contribution >= 0.6 is 0 Å². The van der Waals surface area contributed by atoms with Crippen LogP contribution in [0.3, 0.4) is 0 Å². The van der Waals surface area contributed by atoms with Crippen molar-refractivity contribution in [2.45, 2.75) is 78.5 Å². The monoisotopic (exact) mass is 272 g/mol. The standard InChI is InChI=1S/C14H28N2O3/c1-8-9-10(2)15-11(17)14(6,7)16-12(18)19-13(3,4)5/h10H,8-9H2,1-7H3,(H,15,17)(H,16,18)/t10-/m1/s1. The van der Waals surface area contributed by atoms with Gasteiger partial charge in [0.2, 0.25) is 5.91 Å². The number of carbonyl (C=O) groups is 2. The topological polar surface area (TPSA) is 67.4 Å². The molecule has 0 aromatic heterocycles. The predicted octanol–water partition coefficient (Wildman–Crippen LogP) is 2.59. The van der Waals surface area contributed by atoms with Crippen molar-refractivity contribution in [2.75, 3.05) is 0 Å². The van der Waals surface area contributed by atoms with Crippen molar-refractivity contribution in [1.82, 2.24) is 10.6 Å². The van der Waals surface area contributed by atoms with E-state index in [1.165, 1.54) is 0 Å². The second-order valence-electron chi connectivity index (χ2n) is 6.42. The third-order valence-electron chi connectivity index (χ3n) is 2.48. The summed E-state index contributed by atoms with van der Waals surface area (Å²) in [6, 6.07) is 0.0946. The maximum atomic E-state index is 12.1. The number of hydrogen-bond donors (Lipinski definition) is 2. The van der Waals surface area contributed by atoms with Gasteiger partial charge in [-0.25, -0.2) is 4.79 Å². The zero-order valence-electron chi connectivity index (χ0n) is 13.2. The second-order valence-corrected chi connectivity index (χ2v) is 6.42. The lowest BCUT2D eigenvalue weighted by Crippen LogP contribution is -2.57. The van der Waals surface area contributed by atoms with Crippen LogP contribution in [0.25, 0.3) is 0 Å². The lowest BCUT2D eigenvalue weighted by Gasteiger charge is -2.29. The Labute approximate surface area is 116 Å². The summed E-state index contributed by atoms with van der Waals surface area (Å²) in [5, 5.41) is 5.47. The Hall–Kier alpha value is -1.26. The Morgan fingerprint density at radius 2 is 1.68 bits per heavy atom. The van der Waals surface area contributed by atoms with Gasteiger partial charge >= 0.3 is 6.09 Å². The molecular formula is C14H28N2O3. The first-order valence-electron chi connectivity index (χ1n) is 6.80. The van der Waals surface area contributed by atoms with E-state index in [0.29, 0.717) is 0 Å². The summed E-state index contributed by atoms with van der Waals surface area (Å²) in [5.74, 6) is -0.209. The Bertz CT molecular complexity index is 319. The van der Waals surface area contributed by atoms with Gasteiger partial charge in [-0.3, -0.25) is 4.79 Å². The van der Waals surface area contributed by atoms with E-state index in [1.54, 1.807) is 34.6 Å². The first kappa shape index (κ1) is 17.7. The van der Waals surface area contributed by atoms with Crippen LogP contribution in [0.4, 0.5) is 4.79 Å². The van der Waals surface area contributed by atoms with Crippen molar-refractivity contribution in [3.05, 3.63) is 0 Å². The normalized spacial score (nSPS) is 13.6. The quantitative estimate of drug-likeness (QED) is 0.808. The van der Waals surface area contributed by atoms with Crippen LogP contribution in [0.1, 0.15) is 61.3 Å². The van der Waals surface area contributed by atoms with Crippen LogP contribution in [0, 0.1) is 0 Å². The molecule has 0 radical (unpaired) electrons. The zero-order valence-corrected chi connectivity index (χ0v) is 13.2. The predicted molar refractivity (Wildman–Crippen MR) is 76.0 cm³/mol. The number of rotatable bonds is 5. The van der Waals surface area contributed by atoms with E-state index in [2.05, 4.69) is 17.6 Å². The molecule has 0 fully saturated rings. The van der Waals surface area contributed by atoms with E-state index < -0.39 is 17.2 Å². The van der Waals surface area contributed by atoms with Crippen LogP contribution in [0.15, 0.2) is 0 Å². The van der Waals surface area contributed by atoms with Crippen molar-refractivity contribution in [1.29, 1.82) is 0 Å². The average Bonchev–Trinajstić information content (AvgIpc) is 2.12. The van der Waals surface area contributed by atoms with Gasteiger partial charge in [-0.1, -0.05) is 13.3 Å². The van der Waals surface area contributed by atoms with Crippen molar-refractivity contribution in [3.8, 4) is 0 Å². The molecule has 0 unspecified atom stereocenters. The van der Waals surface area contributed by atoms with Crippen molar-refractivity contribution in [2.24, 2.45) is 0 Å². The highest BCUT2D eigenvalue weighted by molar-refractivity contribution is 5.89. The molecule has 0 saturated carbocycles. The van der Waals surface area contributed by atoms with Crippen LogP contribution in [-0.2, 0) is 9.53 Å². The summed E-state index contributed by atoms with van der Waals surface area (Å²) in [6.07, 6.45) is 1.33. The first-order chi connectivity index (χ1) is 8.48. The fraction of sp³-hybridized carbons (Fsp3) is 0.857. The van der Waals surface area contributed by atoms with E-state index in [1.807, 2.05) is 6.92 Å². The maximum absolute atomic E-state index is 12.1. The summed E-state index contributed by atoms with van der Waals surface area (Å²) < 4.78 is 5.15. The number of ether oxygens (including phenoxy) is 1. The minimum atomic E-state index is -0.996. The first-order valence-corrected chi connectivity index (χ1v) is 6.80. The second kappa shape index (κ2) is 6.78. The summed E-state index contributed by atoms with van der Waals surface area (Å²) in [6.45, 7) is 12.7. The molecule has 0 aliphatic heterocycles. The molecule has 0 spiro atoms. The van der Waals surface area contributed by atoms with Gasteiger partial charge in [0.15, 0.2) is 0 Å². The Balaban J connectivity index is 4.44. The lowest BCUT2D eigenvalue weighted by atomic mass is 10.0. The van der Waals surface area contributed by atoms with Gasteiger partial charge in [-0.15, -0.1) is 0 Å². The molecule has 2 N–H and O–H groups in total. The molecule has 0 saturated heterocycles. The molecular weight excluding hydrogens is 244 g/mol. The molecule has 0 heterocycles. The van der Waals surface area contributed by atoms with E-state index in [9.17, 15) is 9.59 Å². The third kappa shape index (κ3) is 7.70. The van der Waals surface area contributed by atoms with Gasteiger partial charge in [0, 0.05) is 6.04 Å². The van der Waals surface area contributed by atoms with Gasteiger partial charge in [0.05, 0.1) is 0 Å². The molecule has 2 amide bonds. The lowest BCUT2D eigenvalue weighted by molar-refractivity contribution is -0.127. The molecule has 0 aliphatic rings. The Morgan fingerprint density at radius 1 is 1.16 bits per heavy atom. The van der Waals surface area contributed by atoms with Gasteiger partial charge in [0.1, 0.15) is 11.1 Å². The Morgan fingerprint density at radius 3 is 2.11 bits per heavy atom. The zero-order chi connectivity index (χ0) is 15.3. The summed E-state index contributed by atoms with van der Waals surface area (Å²) in [4.78, 5) is 23.7. The fourth-order valence-corrected chi connectivity index (χ4v) is 1.52. The largest absolute Gasteiger partial charge is 0.444 e. The highest BCUT2D eigenvalue weighted by Gasteiger charge is 2.32. The fourth-order valence-electron chi connectivity index (χ4n) is 1.52. The number of hydrogen-bond acceptors (Lipinski definition) is 3. The van der Waals surface area contributed by atoms with Crippen molar-refractivity contribution < 1.29 is 14.3 Å². The minimum Gasteiger partial charge on any atom is -0.444 e. The summed E-state index contributed by atoms with van der Waals surface area (Å²) in [7, 11) is 0. The molecule has 0 aromatic carbocycles. The van der Waals surface area contributed by atoms with E-state index in [0.717, 1.165) is 12.8 Å². The third-order valence-corrected chi connectivity index (χ3v) is 2.48. The molecule has 5 heteroatoms. The van der Waals surface area contributed by atoms with Gasteiger partial charge in [-0.05, 0) is 48.0 Å². The molecule has 1 atom stereocenters. The number of alkyl carbamates (subject to hydrolysis) is 1. The van der Waals surface area contributed by atoms with Gasteiger partial charge < -0.3 is 15.4 Å². The van der Waals surface area contributed by atoms with Gasteiger partial charge in [0.25, 0.3) is 0 Å².